The molecule has 0 amide bonds. The summed E-state index contributed by atoms with van der Waals surface area (Å²) in [7, 11) is 2.00. The van der Waals surface area contributed by atoms with Crippen LogP contribution in [-0.4, -0.2) is 23.5 Å². The number of nitrogens with zero attached hydrogens (tertiary/aromatic N) is 2. The molecular formula is C11H13N3O. The van der Waals surface area contributed by atoms with Crippen molar-refractivity contribution >= 4 is 0 Å². The number of H-pyrrole nitrogens is 1. The van der Waals surface area contributed by atoms with Crippen LogP contribution in [0.15, 0.2) is 4.79 Å². The molecule has 1 aromatic rings. The van der Waals surface area contributed by atoms with Gasteiger partial charge in [-0.1, -0.05) is 0 Å². The zero-order valence-corrected chi connectivity index (χ0v) is 8.92. The molecule has 0 atom stereocenters. The van der Waals surface area contributed by atoms with Gasteiger partial charge in [0.15, 0.2) is 0 Å². The van der Waals surface area contributed by atoms with Crippen molar-refractivity contribution in [3.05, 3.63) is 32.7 Å². The molecule has 1 aromatic heterocycles. The lowest BCUT2D eigenvalue weighted by atomic mass is 9.95. The fraction of sp³-hybridized carbons (Fsp3) is 0.455. The third-order valence-electron chi connectivity index (χ3n) is 2.93. The van der Waals surface area contributed by atoms with Gasteiger partial charge < -0.3 is 9.88 Å². The van der Waals surface area contributed by atoms with E-state index in [9.17, 15) is 4.79 Å². The Hall–Kier alpha value is -1.60. The Kier molecular flexibility index (Phi) is 2.33. The van der Waals surface area contributed by atoms with Crippen LogP contribution in [0.5, 0.6) is 0 Å². The molecule has 4 nitrogen and oxygen atoms in total. The average molecular weight is 203 g/mol. The third kappa shape index (κ3) is 1.55. The van der Waals surface area contributed by atoms with Crippen LogP contribution in [0.3, 0.4) is 0 Å². The number of fused-ring (bicyclic) bond motifs is 1. The highest BCUT2D eigenvalue weighted by molar-refractivity contribution is 5.44. The molecule has 2 heterocycles. The fourth-order valence-electron chi connectivity index (χ4n) is 2.11. The van der Waals surface area contributed by atoms with Crippen molar-refractivity contribution in [2.75, 3.05) is 13.6 Å². The number of pyridine rings is 1. The molecule has 78 valence electrons. The van der Waals surface area contributed by atoms with Crippen molar-refractivity contribution in [3.8, 4) is 6.07 Å². The average Bonchev–Trinajstić information content (AvgIpc) is 2.17. The maximum atomic E-state index is 11.6. The van der Waals surface area contributed by atoms with E-state index in [2.05, 4.69) is 9.88 Å². The van der Waals surface area contributed by atoms with Crippen molar-refractivity contribution in [2.45, 2.75) is 19.9 Å². The molecule has 2 rings (SSSR count). The number of aryl methyl sites for hydroxylation is 1. The molecule has 0 unspecified atom stereocenters. The van der Waals surface area contributed by atoms with Crippen molar-refractivity contribution in [2.24, 2.45) is 0 Å². The Morgan fingerprint density at radius 1 is 1.47 bits per heavy atom. The van der Waals surface area contributed by atoms with Gasteiger partial charge in [0, 0.05) is 18.8 Å². The first-order valence-corrected chi connectivity index (χ1v) is 4.96. The van der Waals surface area contributed by atoms with Crippen LogP contribution in [-0.2, 0) is 13.0 Å². The maximum absolute atomic E-state index is 11.6. The van der Waals surface area contributed by atoms with Gasteiger partial charge in [0.25, 0.3) is 5.56 Å². The molecule has 1 aliphatic rings. The van der Waals surface area contributed by atoms with E-state index in [1.807, 2.05) is 20.0 Å². The summed E-state index contributed by atoms with van der Waals surface area (Å²) in [6.07, 6.45) is 0.906. The quantitative estimate of drug-likeness (QED) is 0.669. The van der Waals surface area contributed by atoms with Crippen molar-refractivity contribution < 1.29 is 0 Å². The first kappa shape index (κ1) is 9.94. The smallest absolute Gasteiger partial charge is 0.266 e. The first-order valence-electron chi connectivity index (χ1n) is 4.96. The molecule has 0 radical (unpaired) electrons. The molecule has 1 aliphatic heterocycles. The minimum absolute atomic E-state index is 0.260. The number of nitriles is 1. The lowest BCUT2D eigenvalue weighted by Crippen LogP contribution is -2.31. The Balaban J connectivity index is 2.70. The van der Waals surface area contributed by atoms with Gasteiger partial charge >= 0.3 is 0 Å². The number of rotatable bonds is 0. The summed E-state index contributed by atoms with van der Waals surface area (Å²) in [6, 6.07) is 2.00. The normalized spacial score (nSPS) is 15.8. The monoisotopic (exact) mass is 203 g/mol. The van der Waals surface area contributed by atoms with Gasteiger partial charge in [0.2, 0.25) is 0 Å². The van der Waals surface area contributed by atoms with E-state index >= 15 is 0 Å². The zero-order valence-electron chi connectivity index (χ0n) is 8.92. The zero-order chi connectivity index (χ0) is 11.0. The Labute approximate surface area is 88.1 Å². The van der Waals surface area contributed by atoms with Gasteiger partial charge in [-0.25, -0.2) is 0 Å². The molecule has 4 heteroatoms. The summed E-state index contributed by atoms with van der Waals surface area (Å²) >= 11 is 0. The predicted octanol–water partition coefficient (Wildman–Crippen LogP) is 0.543. The van der Waals surface area contributed by atoms with Crippen molar-refractivity contribution in [1.29, 1.82) is 5.26 Å². The second kappa shape index (κ2) is 3.52. The van der Waals surface area contributed by atoms with Crippen molar-refractivity contribution in [1.82, 2.24) is 9.88 Å². The van der Waals surface area contributed by atoms with Gasteiger partial charge in [-0.05, 0) is 31.5 Å². The molecule has 0 aliphatic carbocycles. The lowest BCUT2D eigenvalue weighted by molar-refractivity contribution is 0.311. The van der Waals surface area contributed by atoms with E-state index in [1.54, 1.807) is 0 Å². The second-order valence-corrected chi connectivity index (χ2v) is 4.01. The molecule has 0 saturated carbocycles. The van der Waals surface area contributed by atoms with Crippen LogP contribution in [0.1, 0.15) is 22.4 Å². The van der Waals surface area contributed by atoms with Crippen LogP contribution in [0.25, 0.3) is 0 Å². The molecule has 0 saturated heterocycles. The fourth-order valence-corrected chi connectivity index (χ4v) is 2.11. The summed E-state index contributed by atoms with van der Waals surface area (Å²) < 4.78 is 0. The van der Waals surface area contributed by atoms with E-state index in [4.69, 9.17) is 5.26 Å². The SMILES string of the molecule is Cc1[nH]c(=O)c(C#N)c2c1CCN(C)C2. The van der Waals surface area contributed by atoms with Crippen LogP contribution in [0.4, 0.5) is 0 Å². The first-order chi connectivity index (χ1) is 7.13. The number of nitrogens with one attached hydrogen (secondary N) is 1. The Morgan fingerprint density at radius 2 is 2.20 bits per heavy atom. The molecule has 15 heavy (non-hydrogen) atoms. The highest BCUT2D eigenvalue weighted by Crippen LogP contribution is 2.20. The maximum Gasteiger partial charge on any atom is 0.266 e. The Bertz CT molecular complexity index is 496. The summed E-state index contributed by atoms with van der Waals surface area (Å²) in [5.41, 5.74) is 2.98. The number of aromatic amines is 1. The number of hydrogen-bond donors (Lipinski definition) is 1. The number of aromatic nitrogens is 1. The van der Waals surface area contributed by atoms with Gasteiger partial charge in [-0.15, -0.1) is 0 Å². The van der Waals surface area contributed by atoms with Gasteiger partial charge in [0.05, 0.1) is 0 Å². The van der Waals surface area contributed by atoms with E-state index < -0.39 is 0 Å². The highest BCUT2D eigenvalue weighted by Gasteiger charge is 2.20. The molecular weight excluding hydrogens is 190 g/mol. The summed E-state index contributed by atoms with van der Waals surface area (Å²) in [5, 5.41) is 8.96. The molecule has 0 aromatic carbocycles. The van der Waals surface area contributed by atoms with Gasteiger partial charge in [-0.2, -0.15) is 5.26 Å². The standard InChI is InChI=1S/C11H13N3O/c1-7-8-3-4-14(2)6-10(8)9(5-12)11(15)13-7/h3-4,6H2,1-2H3,(H,13,15). The van der Waals surface area contributed by atoms with Crippen LogP contribution >= 0.6 is 0 Å². The summed E-state index contributed by atoms with van der Waals surface area (Å²) in [6.45, 7) is 3.57. The largest absolute Gasteiger partial charge is 0.325 e. The van der Waals surface area contributed by atoms with E-state index in [1.165, 1.54) is 0 Å². The predicted molar refractivity (Wildman–Crippen MR) is 56.6 cm³/mol. The molecule has 0 bridgehead atoms. The lowest BCUT2D eigenvalue weighted by Gasteiger charge is -2.26. The third-order valence-corrected chi connectivity index (χ3v) is 2.93. The molecule has 1 N–H and O–H groups in total. The van der Waals surface area contributed by atoms with Crippen LogP contribution in [0.2, 0.25) is 0 Å². The van der Waals surface area contributed by atoms with Crippen LogP contribution in [0, 0.1) is 18.3 Å². The van der Waals surface area contributed by atoms with Crippen molar-refractivity contribution in [3.63, 3.8) is 0 Å². The van der Waals surface area contributed by atoms with E-state index in [0.717, 1.165) is 29.8 Å². The van der Waals surface area contributed by atoms with Gasteiger partial charge in [0.1, 0.15) is 11.6 Å². The Morgan fingerprint density at radius 3 is 2.87 bits per heavy atom. The van der Waals surface area contributed by atoms with Crippen LogP contribution < -0.4 is 5.56 Å². The topological polar surface area (TPSA) is 59.9 Å². The minimum Gasteiger partial charge on any atom is -0.325 e. The molecule has 0 spiro atoms. The number of likely N-dealkylation sites (N-methyl/N-ethyl adjacent to an activating group) is 1. The molecule has 0 fully saturated rings. The summed E-state index contributed by atoms with van der Waals surface area (Å²) in [4.78, 5) is 16.4. The van der Waals surface area contributed by atoms with E-state index in [-0.39, 0.29) is 11.1 Å². The second-order valence-electron chi connectivity index (χ2n) is 4.01. The van der Waals surface area contributed by atoms with Gasteiger partial charge in [-0.3, -0.25) is 4.79 Å². The highest BCUT2D eigenvalue weighted by atomic mass is 16.1. The summed E-state index contributed by atoms with van der Waals surface area (Å²) in [5.74, 6) is 0. The minimum atomic E-state index is -0.260. The van der Waals surface area contributed by atoms with E-state index in [0.29, 0.717) is 6.54 Å². The number of hydrogen-bond acceptors (Lipinski definition) is 3.